The van der Waals surface area contributed by atoms with Crippen LogP contribution in [0.5, 0.6) is 0 Å². The Kier molecular flexibility index (Phi) is 6.08. The van der Waals surface area contributed by atoms with Crippen LogP contribution in [0.25, 0.3) is 0 Å². The van der Waals surface area contributed by atoms with Crippen molar-refractivity contribution in [1.29, 1.82) is 0 Å². The van der Waals surface area contributed by atoms with Crippen LogP contribution in [-0.2, 0) is 6.42 Å². The Morgan fingerprint density at radius 3 is 2.16 bits per heavy atom. The van der Waals surface area contributed by atoms with E-state index in [2.05, 4.69) is 76.4 Å². The molecular weight excluding hydrogens is 228 g/mol. The fraction of sp³-hybridized carbons (Fsp3) is 0.263. The molecule has 0 aliphatic heterocycles. The fourth-order valence-electron chi connectivity index (χ4n) is 2.33. The minimum Gasteiger partial charge on any atom is -0.106 e. The highest BCUT2D eigenvalue weighted by Crippen LogP contribution is 2.31. The first-order chi connectivity index (χ1) is 9.22. The monoisotopic (exact) mass is 252 g/mol. The number of rotatable bonds is 2. The summed E-state index contributed by atoms with van der Waals surface area (Å²) in [5, 5.41) is 0. The summed E-state index contributed by atoms with van der Waals surface area (Å²) in [5.74, 6) is 0. The summed E-state index contributed by atoms with van der Waals surface area (Å²) < 4.78 is 0. The third-order valence-electron chi connectivity index (χ3n) is 3.36. The molecule has 0 unspecified atom stereocenters. The van der Waals surface area contributed by atoms with Crippen LogP contribution < -0.4 is 0 Å². The molecule has 0 heterocycles. The summed E-state index contributed by atoms with van der Waals surface area (Å²) in [5.41, 5.74) is 7.13. The summed E-state index contributed by atoms with van der Waals surface area (Å²) in [6, 6.07) is 8.86. The van der Waals surface area contributed by atoms with Gasteiger partial charge in [0.05, 0.1) is 0 Å². The van der Waals surface area contributed by atoms with Crippen molar-refractivity contribution in [2.45, 2.75) is 33.6 Å². The Bertz CT molecular complexity index is 495. The molecule has 19 heavy (non-hydrogen) atoms. The molecule has 0 amide bonds. The van der Waals surface area contributed by atoms with Crippen molar-refractivity contribution >= 4 is 0 Å². The molecule has 100 valence electrons. The molecule has 0 atom stereocenters. The molecule has 0 bridgehead atoms. The predicted molar refractivity (Wildman–Crippen MR) is 86.4 cm³/mol. The molecule has 1 aliphatic rings. The van der Waals surface area contributed by atoms with E-state index in [1.165, 1.54) is 27.8 Å². The van der Waals surface area contributed by atoms with Crippen LogP contribution in [0.3, 0.4) is 0 Å². The van der Waals surface area contributed by atoms with Gasteiger partial charge in [0.25, 0.3) is 0 Å². The van der Waals surface area contributed by atoms with E-state index >= 15 is 0 Å². The molecule has 0 N–H and O–H groups in total. The van der Waals surface area contributed by atoms with Gasteiger partial charge in [-0.15, -0.1) is 13.2 Å². The second-order valence-corrected chi connectivity index (χ2v) is 4.70. The third-order valence-corrected chi connectivity index (χ3v) is 3.36. The number of aryl methyl sites for hydroxylation is 1. The molecule has 0 heteroatoms. The number of hydrogen-bond acceptors (Lipinski definition) is 0. The van der Waals surface area contributed by atoms with Gasteiger partial charge in [-0.1, -0.05) is 53.6 Å². The van der Waals surface area contributed by atoms with E-state index in [-0.39, 0.29) is 0 Å². The summed E-state index contributed by atoms with van der Waals surface area (Å²) >= 11 is 0. The lowest BCUT2D eigenvalue weighted by Gasteiger charge is -2.03. The van der Waals surface area contributed by atoms with Crippen LogP contribution >= 0.6 is 0 Å². The van der Waals surface area contributed by atoms with E-state index in [1.54, 1.807) is 0 Å². The van der Waals surface area contributed by atoms with Crippen LogP contribution in [0.1, 0.15) is 31.4 Å². The molecule has 1 aliphatic carbocycles. The molecule has 1 aromatic rings. The molecule has 0 aromatic heterocycles. The normalized spacial score (nSPS) is 18.2. The average molecular weight is 252 g/mol. The Balaban J connectivity index is 0.000000861. The van der Waals surface area contributed by atoms with Crippen molar-refractivity contribution in [2.75, 3.05) is 0 Å². The highest BCUT2D eigenvalue weighted by molar-refractivity contribution is 5.50. The lowest BCUT2D eigenvalue weighted by atomic mass is 10.0. The van der Waals surface area contributed by atoms with E-state index < -0.39 is 0 Å². The van der Waals surface area contributed by atoms with Gasteiger partial charge >= 0.3 is 0 Å². The van der Waals surface area contributed by atoms with Gasteiger partial charge < -0.3 is 0 Å². The van der Waals surface area contributed by atoms with Gasteiger partial charge in [0.1, 0.15) is 0 Å². The van der Waals surface area contributed by atoms with Crippen molar-refractivity contribution in [3.05, 3.63) is 83.5 Å². The van der Waals surface area contributed by atoms with E-state index in [4.69, 9.17) is 0 Å². The number of benzene rings is 1. The van der Waals surface area contributed by atoms with Crippen molar-refractivity contribution in [3.8, 4) is 0 Å². The first-order valence-electron chi connectivity index (χ1n) is 6.79. The zero-order chi connectivity index (χ0) is 14.3. The molecule has 0 fully saturated rings. The maximum atomic E-state index is 3.00. The summed E-state index contributed by atoms with van der Waals surface area (Å²) in [6.07, 6.45) is 8.97. The smallest absolute Gasteiger partial charge is 0.00579 e. The molecular formula is C19H24. The van der Waals surface area contributed by atoms with Gasteiger partial charge in [-0.05, 0) is 50.3 Å². The zero-order valence-electron chi connectivity index (χ0n) is 12.4. The lowest BCUT2D eigenvalue weighted by Crippen LogP contribution is -1.88. The van der Waals surface area contributed by atoms with Crippen LogP contribution in [0, 0.1) is 6.92 Å². The van der Waals surface area contributed by atoms with Gasteiger partial charge in [-0.3, -0.25) is 0 Å². The van der Waals surface area contributed by atoms with Crippen molar-refractivity contribution < 1.29 is 0 Å². The maximum Gasteiger partial charge on any atom is -0.00579 e. The van der Waals surface area contributed by atoms with E-state index in [0.717, 1.165) is 12.8 Å². The third kappa shape index (κ3) is 4.10. The Morgan fingerprint density at radius 2 is 1.68 bits per heavy atom. The van der Waals surface area contributed by atoms with Crippen LogP contribution in [0.15, 0.2) is 72.4 Å². The zero-order valence-corrected chi connectivity index (χ0v) is 12.4. The molecule has 2 rings (SSSR count). The fourth-order valence-corrected chi connectivity index (χ4v) is 2.33. The van der Waals surface area contributed by atoms with E-state index in [9.17, 15) is 0 Å². The minimum absolute atomic E-state index is 1.08. The molecule has 1 aromatic carbocycles. The summed E-state index contributed by atoms with van der Waals surface area (Å²) in [6.45, 7) is 12.4. The van der Waals surface area contributed by atoms with Crippen molar-refractivity contribution in [1.82, 2.24) is 0 Å². The molecule has 0 spiro atoms. The topological polar surface area (TPSA) is 0 Å². The molecule has 0 saturated heterocycles. The molecule has 0 radical (unpaired) electrons. The quantitative estimate of drug-likeness (QED) is 0.604. The van der Waals surface area contributed by atoms with Crippen LogP contribution in [-0.4, -0.2) is 0 Å². The standard InChI is InChI=1S/C17H20.C2H4/c1-4-16-11-15(12-17(16)5-2)10-14-8-6-13(3)7-9-14;1-2/h4-9,11H,10,12H2,1-3H3;1-2H2/b16-4-,17-5-;. The van der Waals surface area contributed by atoms with Gasteiger partial charge in [0.15, 0.2) is 0 Å². The largest absolute Gasteiger partial charge is 0.106 e. The number of allylic oxidation sites excluding steroid dienone is 6. The van der Waals surface area contributed by atoms with Gasteiger partial charge in [-0.25, -0.2) is 0 Å². The first-order valence-corrected chi connectivity index (χ1v) is 6.79. The van der Waals surface area contributed by atoms with Gasteiger partial charge in [0.2, 0.25) is 0 Å². The van der Waals surface area contributed by atoms with Gasteiger partial charge in [-0.2, -0.15) is 0 Å². The number of hydrogen-bond donors (Lipinski definition) is 0. The van der Waals surface area contributed by atoms with Crippen molar-refractivity contribution in [3.63, 3.8) is 0 Å². The average Bonchev–Trinajstić information content (AvgIpc) is 2.85. The molecule has 0 nitrogen and oxygen atoms in total. The molecule has 0 saturated carbocycles. The summed E-state index contributed by atoms with van der Waals surface area (Å²) in [7, 11) is 0. The first kappa shape index (κ1) is 15.2. The minimum atomic E-state index is 1.08. The Labute approximate surface area is 117 Å². The second kappa shape index (κ2) is 7.58. The Hall–Kier alpha value is -1.82. The Morgan fingerprint density at radius 1 is 1.05 bits per heavy atom. The van der Waals surface area contributed by atoms with Crippen LogP contribution in [0.4, 0.5) is 0 Å². The van der Waals surface area contributed by atoms with E-state index in [1.807, 2.05) is 0 Å². The van der Waals surface area contributed by atoms with Crippen molar-refractivity contribution in [2.24, 2.45) is 0 Å². The maximum absolute atomic E-state index is 3.00. The second-order valence-electron chi connectivity index (χ2n) is 4.70. The highest BCUT2D eigenvalue weighted by atomic mass is 14.2. The van der Waals surface area contributed by atoms with Crippen LogP contribution in [0.2, 0.25) is 0 Å². The highest BCUT2D eigenvalue weighted by Gasteiger charge is 2.13. The van der Waals surface area contributed by atoms with E-state index in [0.29, 0.717) is 0 Å². The summed E-state index contributed by atoms with van der Waals surface area (Å²) in [4.78, 5) is 0. The van der Waals surface area contributed by atoms with Gasteiger partial charge in [0, 0.05) is 0 Å². The lowest BCUT2D eigenvalue weighted by molar-refractivity contribution is 1.07. The SMILES string of the molecule is C/C=C1/C=C(Cc2ccc(C)cc2)C/C1=C/C.C=C. The predicted octanol–water partition coefficient (Wildman–Crippen LogP) is 5.56.